The van der Waals surface area contributed by atoms with Crippen LogP contribution in [0.1, 0.15) is 36.8 Å². The van der Waals surface area contributed by atoms with Crippen molar-refractivity contribution in [3.05, 3.63) is 53.7 Å². The smallest absolute Gasteiger partial charge is 0.321 e. The summed E-state index contributed by atoms with van der Waals surface area (Å²) in [5.74, 6) is -2.45. The molecule has 2 atom stereocenters. The number of aromatic nitrogens is 4. The number of halogens is 2. The van der Waals surface area contributed by atoms with E-state index in [0.717, 1.165) is 0 Å². The molecule has 3 aromatic rings. The lowest BCUT2D eigenvalue weighted by atomic mass is 10.0. The SMILES string of the molecule is C#Cc1ncc([C@H]([C@@H](C)NC(=O)C(C)(F)F)n2ncc3cc(C#N)ccc32)cn1. The highest BCUT2D eigenvalue weighted by Crippen LogP contribution is 2.27. The molecule has 0 spiro atoms. The van der Waals surface area contributed by atoms with E-state index in [2.05, 4.69) is 32.4 Å². The maximum Gasteiger partial charge on any atom is 0.321 e. The van der Waals surface area contributed by atoms with E-state index in [1.165, 1.54) is 12.4 Å². The molecule has 0 aliphatic carbocycles. The minimum absolute atomic E-state index is 0.174. The number of benzene rings is 1. The predicted octanol–water partition coefficient (Wildman–Crippen LogP) is 2.43. The third-order valence-corrected chi connectivity index (χ3v) is 4.36. The van der Waals surface area contributed by atoms with Crippen LogP contribution in [-0.2, 0) is 4.79 Å². The molecule has 146 valence electrons. The summed E-state index contributed by atoms with van der Waals surface area (Å²) in [6, 6.07) is 5.56. The Bertz CT molecular complexity index is 1130. The molecule has 0 bridgehead atoms. The van der Waals surface area contributed by atoms with Gasteiger partial charge in [-0.1, -0.05) is 0 Å². The molecule has 0 saturated carbocycles. The summed E-state index contributed by atoms with van der Waals surface area (Å²) in [6.07, 6.45) is 9.78. The second-order valence-corrected chi connectivity index (χ2v) is 6.55. The van der Waals surface area contributed by atoms with Crippen LogP contribution in [0, 0.1) is 23.7 Å². The first kappa shape index (κ1) is 19.9. The lowest BCUT2D eigenvalue weighted by molar-refractivity contribution is -0.143. The minimum atomic E-state index is -3.53. The highest BCUT2D eigenvalue weighted by Gasteiger charge is 2.35. The largest absolute Gasteiger partial charge is 0.346 e. The van der Waals surface area contributed by atoms with E-state index in [-0.39, 0.29) is 5.82 Å². The van der Waals surface area contributed by atoms with E-state index in [9.17, 15) is 13.6 Å². The molecular weight excluding hydrogens is 378 g/mol. The summed E-state index contributed by atoms with van der Waals surface area (Å²) in [5, 5.41) is 16.4. The zero-order valence-electron chi connectivity index (χ0n) is 15.6. The number of carbonyl (C=O) groups excluding carboxylic acids is 1. The molecule has 3 rings (SSSR count). The number of alkyl halides is 2. The maximum absolute atomic E-state index is 13.4. The van der Waals surface area contributed by atoms with Gasteiger partial charge < -0.3 is 5.32 Å². The number of carbonyl (C=O) groups is 1. The summed E-state index contributed by atoms with van der Waals surface area (Å²) in [7, 11) is 0. The van der Waals surface area contributed by atoms with Crippen LogP contribution in [0.25, 0.3) is 10.9 Å². The van der Waals surface area contributed by atoms with E-state index in [1.54, 1.807) is 36.0 Å². The Labute approximate surface area is 165 Å². The minimum Gasteiger partial charge on any atom is -0.346 e. The van der Waals surface area contributed by atoms with Gasteiger partial charge in [-0.05, 0) is 31.0 Å². The molecule has 0 radical (unpaired) electrons. The summed E-state index contributed by atoms with van der Waals surface area (Å²) in [5.41, 5.74) is 1.63. The van der Waals surface area contributed by atoms with Crippen LogP contribution in [0.4, 0.5) is 8.78 Å². The third-order valence-electron chi connectivity index (χ3n) is 4.36. The molecule has 1 aromatic carbocycles. The second-order valence-electron chi connectivity index (χ2n) is 6.55. The van der Waals surface area contributed by atoms with Crippen molar-refractivity contribution in [2.24, 2.45) is 0 Å². The van der Waals surface area contributed by atoms with Gasteiger partial charge in [0, 0.05) is 30.3 Å². The maximum atomic E-state index is 13.4. The molecule has 0 aliphatic rings. The Hall–Kier alpha value is -3.85. The van der Waals surface area contributed by atoms with Crippen molar-refractivity contribution in [1.29, 1.82) is 5.26 Å². The number of terminal acetylenes is 1. The van der Waals surface area contributed by atoms with Crippen LogP contribution in [0.5, 0.6) is 0 Å². The summed E-state index contributed by atoms with van der Waals surface area (Å²) < 4.78 is 28.4. The summed E-state index contributed by atoms with van der Waals surface area (Å²) >= 11 is 0. The van der Waals surface area contributed by atoms with Crippen molar-refractivity contribution in [1.82, 2.24) is 25.1 Å². The van der Waals surface area contributed by atoms with E-state index in [1.807, 2.05) is 0 Å². The van der Waals surface area contributed by atoms with Crippen molar-refractivity contribution < 1.29 is 13.6 Å². The topological polar surface area (TPSA) is 96.5 Å². The number of amides is 1. The first-order chi connectivity index (χ1) is 13.7. The molecule has 1 amide bonds. The van der Waals surface area contributed by atoms with Crippen molar-refractivity contribution in [2.45, 2.75) is 31.9 Å². The highest BCUT2D eigenvalue weighted by molar-refractivity contribution is 5.83. The van der Waals surface area contributed by atoms with Gasteiger partial charge in [-0.15, -0.1) is 6.42 Å². The van der Waals surface area contributed by atoms with Crippen molar-refractivity contribution in [3.63, 3.8) is 0 Å². The van der Waals surface area contributed by atoms with Crippen LogP contribution in [0.2, 0.25) is 0 Å². The quantitative estimate of drug-likeness (QED) is 0.671. The number of hydrogen-bond donors (Lipinski definition) is 1. The number of nitrogens with zero attached hydrogens (tertiary/aromatic N) is 5. The molecule has 7 nitrogen and oxygen atoms in total. The Balaban J connectivity index is 2.09. The van der Waals surface area contributed by atoms with Crippen molar-refractivity contribution in [3.8, 4) is 18.4 Å². The molecule has 0 saturated heterocycles. The van der Waals surface area contributed by atoms with Crippen molar-refractivity contribution >= 4 is 16.8 Å². The van der Waals surface area contributed by atoms with Crippen LogP contribution < -0.4 is 5.32 Å². The molecule has 0 aliphatic heterocycles. The Morgan fingerprint density at radius 3 is 2.59 bits per heavy atom. The van der Waals surface area contributed by atoms with E-state index in [0.29, 0.717) is 29.0 Å². The van der Waals surface area contributed by atoms with Gasteiger partial charge in [0.25, 0.3) is 5.91 Å². The Kier molecular flexibility index (Phi) is 5.24. The van der Waals surface area contributed by atoms with Crippen LogP contribution in [0.3, 0.4) is 0 Å². The fourth-order valence-corrected chi connectivity index (χ4v) is 2.96. The van der Waals surface area contributed by atoms with Gasteiger partial charge in [-0.3, -0.25) is 9.48 Å². The standard InChI is InChI=1S/C20H16F2N6O/c1-4-17-24-9-15(10-25-17)18(12(2)27-19(29)20(3,21)22)28-16-6-5-13(8-23)7-14(16)11-26-28/h1,5-7,9-12,18H,2-3H3,(H,27,29)/t12-,18+/m1/s1. The molecule has 29 heavy (non-hydrogen) atoms. The van der Waals surface area contributed by atoms with Gasteiger partial charge in [0.15, 0.2) is 0 Å². The Morgan fingerprint density at radius 2 is 2.00 bits per heavy atom. The van der Waals surface area contributed by atoms with E-state index >= 15 is 0 Å². The van der Waals surface area contributed by atoms with E-state index < -0.39 is 23.9 Å². The zero-order chi connectivity index (χ0) is 21.2. The lowest BCUT2D eigenvalue weighted by Gasteiger charge is -2.27. The monoisotopic (exact) mass is 394 g/mol. The number of rotatable bonds is 5. The van der Waals surface area contributed by atoms with E-state index in [4.69, 9.17) is 11.7 Å². The summed E-state index contributed by atoms with van der Waals surface area (Å²) in [4.78, 5) is 20.0. The van der Waals surface area contributed by atoms with Gasteiger partial charge in [-0.25, -0.2) is 9.97 Å². The third kappa shape index (κ3) is 4.04. The Morgan fingerprint density at radius 1 is 1.31 bits per heavy atom. The molecule has 0 unspecified atom stereocenters. The van der Waals surface area contributed by atoms with Crippen LogP contribution in [-0.4, -0.2) is 37.6 Å². The predicted molar refractivity (Wildman–Crippen MR) is 101 cm³/mol. The number of nitriles is 1. The van der Waals surface area contributed by atoms with Crippen LogP contribution in [0.15, 0.2) is 36.8 Å². The second kappa shape index (κ2) is 7.64. The molecular formula is C20H16F2N6O. The number of fused-ring (bicyclic) bond motifs is 1. The fourth-order valence-electron chi connectivity index (χ4n) is 2.96. The summed E-state index contributed by atoms with van der Waals surface area (Å²) in [6.45, 7) is 2.11. The number of hydrogen-bond acceptors (Lipinski definition) is 5. The lowest BCUT2D eigenvalue weighted by Crippen LogP contribution is -2.46. The van der Waals surface area contributed by atoms with Crippen molar-refractivity contribution in [2.75, 3.05) is 0 Å². The van der Waals surface area contributed by atoms with Gasteiger partial charge in [-0.2, -0.15) is 19.1 Å². The molecule has 0 fully saturated rings. The van der Waals surface area contributed by atoms with Gasteiger partial charge in [0.1, 0.15) is 6.04 Å². The average molecular weight is 394 g/mol. The zero-order valence-corrected chi connectivity index (χ0v) is 15.6. The fraction of sp³-hybridized carbons (Fsp3) is 0.250. The molecule has 2 aromatic heterocycles. The molecule has 9 heteroatoms. The molecule has 2 heterocycles. The first-order valence-corrected chi connectivity index (χ1v) is 8.59. The molecule has 1 N–H and O–H groups in total. The van der Waals surface area contributed by atoms with Gasteiger partial charge in [0.2, 0.25) is 5.82 Å². The highest BCUT2D eigenvalue weighted by atomic mass is 19.3. The van der Waals surface area contributed by atoms with Gasteiger partial charge >= 0.3 is 5.92 Å². The van der Waals surface area contributed by atoms with Crippen LogP contribution >= 0.6 is 0 Å². The normalized spacial score (nSPS) is 13.3. The number of nitrogens with one attached hydrogen (secondary N) is 1. The average Bonchev–Trinajstić information content (AvgIpc) is 3.10. The first-order valence-electron chi connectivity index (χ1n) is 8.59. The van der Waals surface area contributed by atoms with Gasteiger partial charge in [0.05, 0.1) is 29.4 Å².